The van der Waals surface area contributed by atoms with E-state index < -0.39 is 4.75 Å². The fourth-order valence-electron chi connectivity index (χ4n) is 4.20. The highest BCUT2D eigenvalue weighted by Gasteiger charge is 2.60. The molecule has 6 heteroatoms. The molecule has 1 atom stereocenters. The number of nitrogens with zero attached hydrogens (tertiary/aromatic N) is 2. The van der Waals surface area contributed by atoms with E-state index in [9.17, 15) is 9.59 Å². The molecule has 0 fully saturated rings. The number of anilines is 1. The van der Waals surface area contributed by atoms with Gasteiger partial charge in [0.05, 0.1) is 11.4 Å². The highest BCUT2D eigenvalue weighted by Crippen LogP contribution is 2.55. The van der Waals surface area contributed by atoms with Crippen molar-refractivity contribution in [1.29, 1.82) is 0 Å². The van der Waals surface area contributed by atoms with Crippen molar-refractivity contribution in [2.24, 2.45) is 0 Å². The highest BCUT2D eigenvalue weighted by atomic mass is 32.2. The zero-order valence-corrected chi connectivity index (χ0v) is 16.5. The Morgan fingerprint density at radius 3 is 2.17 bits per heavy atom. The van der Waals surface area contributed by atoms with E-state index in [0.29, 0.717) is 22.1 Å². The van der Waals surface area contributed by atoms with Crippen LogP contribution in [0.2, 0.25) is 0 Å². The van der Waals surface area contributed by atoms with E-state index in [1.807, 2.05) is 84.9 Å². The highest BCUT2D eigenvalue weighted by molar-refractivity contribution is 8.02. The summed E-state index contributed by atoms with van der Waals surface area (Å²) in [6.45, 7) is 0. The maximum Gasteiger partial charge on any atom is 0.264 e. The maximum absolute atomic E-state index is 13.9. The minimum absolute atomic E-state index is 0.279. The first kappa shape index (κ1) is 17.2. The molecular weight excluding hydrogens is 394 g/mol. The predicted octanol–water partition coefficient (Wildman–Crippen LogP) is 4.81. The lowest BCUT2D eigenvalue weighted by atomic mass is 9.97. The molecule has 1 unspecified atom stereocenters. The van der Waals surface area contributed by atoms with Crippen molar-refractivity contribution in [1.82, 2.24) is 9.55 Å². The van der Waals surface area contributed by atoms with E-state index in [2.05, 4.69) is 5.32 Å². The van der Waals surface area contributed by atoms with E-state index in [0.717, 1.165) is 16.8 Å². The molecule has 0 bridgehead atoms. The average Bonchev–Trinajstić information content (AvgIpc) is 3.40. The van der Waals surface area contributed by atoms with Crippen LogP contribution in [0.15, 0.2) is 90.1 Å². The Hall–Kier alpha value is -3.64. The predicted molar refractivity (Wildman–Crippen MR) is 116 cm³/mol. The molecule has 1 aromatic heterocycles. The number of carbonyl (C=O) groups excluding carboxylic acids is 2. The van der Waals surface area contributed by atoms with Crippen LogP contribution >= 0.6 is 11.8 Å². The summed E-state index contributed by atoms with van der Waals surface area (Å²) in [5.41, 5.74) is 4.63. The summed E-state index contributed by atoms with van der Waals surface area (Å²) >= 11 is 1.22. The molecule has 0 aliphatic carbocycles. The van der Waals surface area contributed by atoms with Crippen LogP contribution in [-0.2, 0) is 9.54 Å². The third kappa shape index (κ3) is 2.16. The topological polar surface area (TPSA) is 64.0 Å². The van der Waals surface area contributed by atoms with E-state index >= 15 is 0 Å². The lowest BCUT2D eigenvalue weighted by Gasteiger charge is -2.18. The van der Waals surface area contributed by atoms with Gasteiger partial charge in [0.25, 0.3) is 11.8 Å². The first-order valence-corrected chi connectivity index (χ1v) is 10.4. The number of amides is 1. The summed E-state index contributed by atoms with van der Waals surface area (Å²) in [5.74, 6) is -0.594. The largest absolute Gasteiger partial charge is 0.324 e. The van der Waals surface area contributed by atoms with Gasteiger partial charge >= 0.3 is 0 Å². The number of fused-ring (bicyclic) bond motifs is 3. The van der Waals surface area contributed by atoms with Crippen LogP contribution in [0, 0.1) is 0 Å². The summed E-state index contributed by atoms with van der Waals surface area (Å²) in [5, 5.41) is 3.40. The maximum atomic E-state index is 13.9. The Labute approximate surface area is 176 Å². The quantitative estimate of drug-likeness (QED) is 0.483. The first-order chi connectivity index (χ1) is 14.7. The number of nitrogens with one attached hydrogen (secondary N) is 1. The fraction of sp³-hybridized carbons (Fsp3) is 0.0417. The molecule has 5 nitrogen and oxygen atoms in total. The fourth-order valence-corrected chi connectivity index (χ4v) is 5.49. The van der Waals surface area contributed by atoms with Crippen LogP contribution in [0.5, 0.6) is 0 Å². The van der Waals surface area contributed by atoms with E-state index in [1.165, 1.54) is 11.8 Å². The summed E-state index contributed by atoms with van der Waals surface area (Å²) in [4.78, 5) is 31.8. The van der Waals surface area contributed by atoms with E-state index in [4.69, 9.17) is 4.98 Å². The number of hydrogen-bond donors (Lipinski definition) is 1. The van der Waals surface area contributed by atoms with Gasteiger partial charge in [-0.05, 0) is 6.07 Å². The summed E-state index contributed by atoms with van der Waals surface area (Å²) in [6, 6.07) is 26.9. The molecular formula is C24H15N3O2S. The number of benzene rings is 3. The monoisotopic (exact) mass is 409 g/mol. The average molecular weight is 409 g/mol. The Bertz CT molecular complexity index is 1330. The van der Waals surface area contributed by atoms with Crippen molar-refractivity contribution in [2.75, 3.05) is 5.32 Å². The first-order valence-electron chi connectivity index (χ1n) is 9.58. The van der Waals surface area contributed by atoms with Crippen LogP contribution in [0.25, 0.3) is 22.5 Å². The normalized spacial score (nSPS) is 19.1. The van der Waals surface area contributed by atoms with Gasteiger partial charge in [-0.1, -0.05) is 90.6 Å². The second kappa shape index (κ2) is 6.18. The van der Waals surface area contributed by atoms with Crippen molar-refractivity contribution in [2.45, 2.75) is 9.90 Å². The number of thioether (sulfide) groups is 1. The molecule has 1 amide bonds. The van der Waals surface area contributed by atoms with Gasteiger partial charge in [-0.2, -0.15) is 0 Å². The molecule has 0 saturated carbocycles. The number of rotatable bonds is 2. The van der Waals surface area contributed by atoms with Gasteiger partial charge in [0.2, 0.25) is 4.75 Å². The lowest BCUT2D eigenvalue weighted by molar-refractivity contribution is -0.117. The van der Waals surface area contributed by atoms with Crippen LogP contribution in [0.3, 0.4) is 0 Å². The molecule has 0 saturated heterocycles. The number of para-hydroxylation sites is 1. The molecule has 4 aromatic rings. The SMILES string of the molecule is O=C1Nc2ccccc2C12Sc1nc(-c3ccccc3)c(-c3ccccc3)n1C2=O. The summed E-state index contributed by atoms with van der Waals surface area (Å²) in [6.07, 6.45) is 0. The van der Waals surface area contributed by atoms with Gasteiger partial charge in [-0.25, -0.2) is 4.98 Å². The van der Waals surface area contributed by atoms with Crippen molar-refractivity contribution in [3.63, 3.8) is 0 Å². The number of hydrogen-bond acceptors (Lipinski definition) is 4. The van der Waals surface area contributed by atoms with Crippen LogP contribution < -0.4 is 5.32 Å². The third-order valence-corrected chi connectivity index (χ3v) is 6.91. The smallest absolute Gasteiger partial charge is 0.264 e. The molecule has 1 spiro atoms. The zero-order chi connectivity index (χ0) is 20.3. The minimum atomic E-state index is -1.34. The molecule has 144 valence electrons. The Balaban J connectivity index is 1.61. The van der Waals surface area contributed by atoms with Crippen LogP contribution in [0.1, 0.15) is 10.4 Å². The molecule has 1 N–H and O–H groups in total. The van der Waals surface area contributed by atoms with Crippen molar-refractivity contribution in [3.8, 4) is 22.5 Å². The molecule has 2 aliphatic rings. The lowest BCUT2D eigenvalue weighted by Crippen LogP contribution is -2.38. The molecule has 30 heavy (non-hydrogen) atoms. The number of aromatic nitrogens is 2. The zero-order valence-electron chi connectivity index (χ0n) is 15.7. The molecule has 2 aliphatic heterocycles. The van der Waals surface area contributed by atoms with Crippen LogP contribution in [-0.4, -0.2) is 21.4 Å². The number of carbonyl (C=O) groups is 2. The van der Waals surface area contributed by atoms with Crippen LogP contribution in [0.4, 0.5) is 5.69 Å². The van der Waals surface area contributed by atoms with E-state index in [1.54, 1.807) is 4.57 Å². The van der Waals surface area contributed by atoms with Gasteiger partial charge in [0, 0.05) is 22.4 Å². The van der Waals surface area contributed by atoms with Gasteiger partial charge < -0.3 is 5.32 Å². The Morgan fingerprint density at radius 2 is 1.43 bits per heavy atom. The number of imidazole rings is 1. The van der Waals surface area contributed by atoms with Crippen molar-refractivity contribution in [3.05, 3.63) is 90.5 Å². The molecule has 0 radical (unpaired) electrons. The Morgan fingerprint density at radius 1 is 0.800 bits per heavy atom. The molecule has 3 heterocycles. The van der Waals surface area contributed by atoms with Gasteiger partial charge in [-0.3, -0.25) is 14.2 Å². The molecule has 6 rings (SSSR count). The van der Waals surface area contributed by atoms with Gasteiger partial charge in [0.15, 0.2) is 5.16 Å². The van der Waals surface area contributed by atoms with Gasteiger partial charge in [0.1, 0.15) is 0 Å². The van der Waals surface area contributed by atoms with E-state index in [-0.39, 0.29) is 11.8 Å². The van der Waals surface area contributed by atoms with Crippen molar-refractivity contribution >= 4 is 29.3 Å². The summed E-state index contributed by atoms with van der Waals surface area (Å²) < 4.78 is 0.279. The summed E-state index contributed by atoms with van der Waals surface area (Å²) in [7, 11) is 0. The van der Waals surface area contributed by atoms with Crippen molar-refractivity contribution < 1.29 is 9.59 Å². The second-order valence-corrected chi connectivity index (χ2v) is 8.43. The standard InChI is InChI=1S/C24H15N3O2S/c28-21-24(17-13-7-8-14-18(17)25-21)22(29)27-20(16-11-5-2-6-12-16)19(26-23(27)30-24)15-9-3-1-4-10-15/h1-14H,(H,25,28). The Kier molecular flexibility index (Phi) is 3.55. The van der Waals surface area contributed by atoms with Gasteiger partial charge in [-0.15, -0.1) is 0 Å². The second-order valence-electron chi connectivity index (χ2n) is 7.25. The third-order valence-electron chi connectivity index (χ3n) is 5.56. The molecule has 3 aromatic carbocycles. The minimum Gasteiger partial charge on any atom is -0.324 e.